The van der Waals surface area contributed by atoms with Gasteiger partial charge in [-0.25, -0.2) is 4.98 Å². The highest BCUT2D eigenvalue weighted by atomic mass is 32.2. The number of amides is 1. The first-order chi connectivity index (χ1) is 8.56. The van der Waals surface area contributed by atoms with E-state index in [1.54, 1.807) is 6.20 Å². The van der Waals surface area contributed by atoms with E-state index in [4.69, 9.17) is 0 Å². The van der Waals surface area contributed by atoms with Crippen molar-refractivity contribution >= 4 is 17.7 Å². The molecule has 0 radical (unpaired) electrons. The summed E-state index contributed by atoms with van der Waals surface area (Å²) in [5.41, 5.74) is 0. The fourth-order valence-electron chi connectivity index (χ4n) is 2.58. The van der Waals surface area contributed by atoms with Gasteiger partial charge in [-0.15, -0.1) is 0 Å². The van der Waals surface area contributed by atoms with E-state index in [-0.39, 0.29) is 5.91 Å². The Hall–Kier alpha value is -0.970. The molecule has 1 amide bonds. The van der Waals surface area contributed by atoms with Crippen LogP contribution in [0.4, 0.5) is 0 Å². The number of aryl methyl sites for hydroxylation is 1. The molecule has 2 heterocycles. The maximum Gasteiger partial charge on any atom is 0.233 e. The molecule has 18 heavy (non-hydrogen) atoms. The Morgan fingerprint density at radius 3 is 2.67 bits per heavy atom. The molecule has 0 saturated carbocycles. The Balaban J connectivity index is 1.86. The van der Waals surface area contributed by atoms with Crippen LogP contribution in [0.1, 0.15) is 20.3 Å². The van der Waals surface area contributed by atoms with E-state index in [1.807, 2.05) is 22.7 Å². The Labute approximate surface area is 113 Å². The highest BCUT2D eigenvalue weighted by molar-refractivity contribution is 7.99. The van der Waals surface area contributed by atoms with E-state index in [1.165, 1.54) is 18.2 Å². The lowest BCUT2D eigenvalue weighted by Gasteiger charge is -2.34. The van der Waals surface area contributed by atoms with Crippen LogP contribution in [0.5, 0.6) is 0 Å². The van der Waals surface area contributed by atoms with Gasteiger partial charge in [0.2, 0.25) is 5.91 Å². The first-order valence-electron chi connectivity index (χ1n) is 6.44. The van der Waals surface area contributed by atoms with Crippen molar-refractivity contribution in [1.82, 2.24) is 14.5 Å². The zero-order valence-corrected chi connectivity index (χ0v) is 12.1. The fourth-order valence-corrected chi connectivity index (χ4v) is 3.41. The second-order valence-electron chi connectivity index (χ2n) is 5.35. The highest BCUT2D eigenvalue weighted by Crippen LogP contribution is 2.22. The molecule has 1 aromatic rings. The minimum Gasteiger partial charge on any atom is -0.341 e. The number of rotatable bonds is 3. The first kappa shape index (κ1) is 13.5. The monoisotopic (exact) mass is 267 g/mol. The number of nitrogens with zero attached hydrogens (tertiary/aromatic N) is 3. The Morgan fingerprint density at radius 1 is 1.44 bits per heavy atom. The molecule has 1 aliphatic heterocycles. The summed E-state index contributed by atoms with van der Waals surface area (Å²) in [7, 11) is 1.95. The molecule has 1 aliphatic rings. The number of hydrogen-bond acceptors (Lipinski definition) is 3. The van der Waals surface area contributed by atoms with Crippen LogP contribution in [0.3, 0.4) is 0 Å². The number of likely N-dealkylation sites (tertiary alicyclic amines) is 1. The third-order valence-electron chi connectivity index (χ3n) is 3.32. The lowest BCUT2D eigenvalue weighted by molar-refractivity contribution is -0.130. The second kappa shape index (κ2) is 5.78. The van der Waals surface area contributed by atoms with Crippen molar-refractivity contribution in [3.8, 4) is 0 Å². The van der Waals surface area contributed by atoms with Crippen LogP contribution >= 0.6 is 11.8 Å². The van der Waals surface area contributed by atoms with Gasteiger partial charge in [0.25, 0.3) is 0 Å². The minimum absolute atomic E-state index is 0.237. The van der Waals surface area contributed by atoms with Gasteiger partial charge in [-0.3, -0.25) is 4.79 Å². The fraction of sp³-hybridized carbons (Fsp3) is 0.692. The quantitative estimate of drug-likeness (QED) is 0.786. The Kier molecular flexibility index (Phi) is 4.32. The maximum absolute atomic E-state index is 12.2. The zero-order valence-electron chi connectivity index (χ0n) is 11.3. The normalized spacial score (nSPS) is 24.3. The van der Waals surface area contributed by atoms with Crippen molar-refractivity contribution in [3.05, 3.63) is 12.4 Å². The Morgan fingerprint density at radius 2 is 2.11 bits per heavy atom. The van der Waals surface area contributed by atoms with Crippen LogP contribution in [0.15, 0.2) is 17.6 Å². The molecule has 0 N–H and O–H groups in total. The molecule has 2 rings (SSSR count). The molecule has 4 nitrogen and oxygen atoms in total. The summed E-state index contributed by atoms with van der Waals surface area (Å²) in [5, 5.41) is 0.904. The summed E-state index contributed by atoms with van der Waals surface area (Å²) < 4.78 is 1.94. The smallest absolute Gasteiger partial charge is 0.233 e. The van der Waals surface area contributed by atoms with Gasteiger partial charge in [-0.05, 0) is 18.3 Å². The van der Waals surface area contributed by atoms with Crippen molar-refractivity contribution in [2.75, 3.05) is 18.8 Å². The van der Waals surface area contributed by atoms with Gasteiger partial charge < -0.3 is 9.47 Å². The highest BCUT2D eigenvalue weighted by Gasteiger charge is 2.25. The summed E-state index contributed by atoms with van der Waals surface area (Å²) >= 11 is 1.52. The average Bonchev–Trinajstić information content (AvgIpc) is 2.70. The van der Waals surface area contributed by atoms with Crippen LogP contribution in [0, 0.1) is 11.8 Å². The topological polar surface area (TPSA) is 38.1 Å². The van der Waals surface area contributed by atoms with E-state index < -0.39 is 0 Å². The number of aromatic nitrogens is 2. The van der Waals surface area contributed by atoms with E-state index in [0.29, 0.717) is 17.6 Å². The van der Waals surface area contributed by atoms with Gasteiger partial charge >= 0.3 is 0 Å². The number of thioether (sulfide) groups is 1. The maximum atomic E-state index is 12.2. The third-order valence-corrected chi connectivity index (χ3v) is 4.37. The predicted molar refractivity (Wildman–Crippen MR) is 73.5 cm³/mol. The molecule has 2 atom stereocenters. The van der Waals surface area contributed by atoms with E-state index in [2.05, 4.69) is 18.8 Å². The number of hydrogen-bond donors (Lipinski definition) is 0. The van der Waals surface area contributed by atoms with Crippen LogP contribution in [0.2, 0.25) is 0 Å². The number of carbonyl (C=O) groups excluding carboxylic acids is 1. The van der Waals surface area contributed by atoms with E-state index >= 15 is 0 Å². The van der Waals surface area contributed by atoms with Gasteiger partial charge in [0.1, 0.15) is 0 Å². The van der Waals surface area contributed by atoms with Crippen LogP contribution in [0.25, 0.3) is 0 Å². The Bertz CT molecular complexity index is 408. The first-order valence-corrected chi connectivity index (χ1v) is 7.42. The van der Waals surface area contributed by atoms with E-state index in [9.17, 15) is 4.79 Å². The van der Waals surface area contributed by atoms with Gasteiger partial charge in [0.05, 0.1) is 5.75 Å². The molecule has 1 fully saturated rings. The van der Waals surface area contributed by atoms with Crippen molar-refractivity contribution < 1.29 is 4.79 Å². The minimum atomic E-state index is 0.237. The summed E-state index contributed by atoms with van der Waals surface area (Å²) in [5.74, 6) is 1.97. The lowest BCUT2D eigenvalue weighted by Crippen LogP contribution is -2.43. The molecule has 0 bridgehead atoms. The number of piperidine rings is 1. The summed E-state index contributed by atoms with van der Waals surface area (Å²) in [4.78, 5) is 18.4. The number of imidazole rings is 1. The van der Waals surface area contributed by atoms with Gasteiger partial charge in [-0.1, -0.05) is 25.6 Å². The standard InChI is InChI=1S/C13H21N3OS/c1-10-6-11(2)8-16(7-10)12(17)9-18-13-14-4-5-15(13)3/h4-5,10-11H,6-9H2,1-3H3. The molecule has 5 heteroatoms. The van der Waals surface area contributed by atoms with Crippen LogP contribution in [-0.4, -0.2) is 39.2 Å². The third kappa shape index (κ3) is 3.28. The van der Waals surface area contributed by atoms with Crippen molar-refractivity contribution in [3.63, 3.8) is 0 Å². The SMILES string of the molecule is CC1CC(C)CN(C(=O)CSc2nccn2C)C1. The van der Waals surface area contributed by atoms with Crippen molar-refractivity contribution in [1.29, 1.82) is 0 Å². The van der Waals surface area contributed by atoms with Gasteiger partial charge in [-0.2, -0.15) is 0 Å². The zero-order chi connectivity index (χ0) is 13.1. The largest absolute Gasteiger partial charge is 0.341 e. The molecule has 2 unspecified atom stereocenters. The van der Waals surface area contributed by atoms with Crippen molar-refractivity contribution in [2.24, 2.45) is 18.9 Å². The van der Waals surface area contributed by atoms with Crippen LogP contribution < -0.4 is 0 Å². The predicted octanol–water partition coefficient (Wildman–Crippen LogP) is 2.02. The summed E-state index contributed by atoms with van der Waals surface area (Å²) in [6, 6.07) is 0. The molecule has 1 aromatic heterocycles. The molecule has 100 valence electrons. The van der Waals surface area contributed by atoms with Crippen molar-refractivity contribution in [2.45, 2.75) is 25.4 Å². The van der Waals surface area contributed by atoms with Crippen LogP contribution in [-0.2, 0) is 11.8 Å². The summed E-state index contributed by atoms with van der Waals surface area (Å²) in [6.07, 6.45) is 4.89. The van der Waals surface area contributed by atoms with Gasteiger partial charge in [0, 0.05) is 32.5 Å². The lowest BCUT2D eigenvalue weighted by atomic mass is 9.92. The molecular formula is C13H21N3OS. The molecule has 0 spiro atoms. The number of carbonyl (C=O) groups is 1. The molecule has 1 saturated heterocycles. The summed E-state index contributed by atoms with van der Waals surface area (Å²) in [6.45, 7) is 6.26. The molecule has 0 aromatic carbocycles. The molecule has 0 aliphatic carbocycles. The molecular weight excluding hydrogens is 246 g/mol. The average molecular weight is 267 g/mol. The van der Waals surface area contributed by atoms with Gasteiger partial charge in [0.15, 0.2) is 5.16 Å². The second-order valence-corrected chi connectivity index (χ2v) is 6.30. The van der Waals surface area contributed by atoms with E-state index in [0.717, 1.165) is 18.2 Å².